The molecule has 1 fully saturated rings. The Balaban J connectivity index is 1.86. The van der Waals surface area contributed by atoms with E-state index in [1.807, 2.05) is 4.90 Å². The van der Waals surface area contributed by atoms with Crippen LogP contribution in [0, 0.1) is 0 Å². The quantitative estimate of drug-likeness (QED) is 0.808. The minimum atomic E-state index is -0.334. The number of pyridine rings is 1. The molecule has 0 saturated carbocycles. The van der Waals surface area contributed by atoms with Gasteiger partial charge in [-0.15, -0.1) is 0 Å². The highest BCUT2D eigenvalue weighted by Crippen LogP contribution is 2.20. The molecular weight excluding hydrogens is 315 g/mol. The maximum absolute atomic E-state index is 12.1. The lowest BCUT2D eigenvalue weighted by Crippen LogP contribution is -2.46. The Labute approximate surface area is 132 Å². The maximum Gasteiger partial charge on any atom is 0.253 e. The van der Waals surface area contributed by atoms with Gasteiger partial charge in [-0.2, -0.15) is 0 Å². The van der Waals surface area contributed by atoms with E-state index in [0.717, 1.165) is 25.9 Å². The number of nitrogens with zero attached hydrogens (tertiary/aromatic N) is 2. The van der Waals surface area contributed by atoms with Gasteiger partial charge in [0, 0.05) is 25.3 Å². The number of likely N-dealkylation sites (tertiary alicyclic amines) is 1. The molecule has 2 rings (SSSR count). The summed E-state index contributed by atoms with van der Waals surface area (Å²) in [6.45, 7) is 1.72. The van der Waals surface area contributed by atoms with E-state index < -0.39 is 0 Å². The van der Waals surface area contributed by atoms with Crippen molar-refractivity contribution in [2.24, 2.45) is 5.73 Å². The van der Waals surface area contributed by atoms with Gasteiger partial charge in [-0.1, -0.05) is 23.2 Å². The summed E-state index contributed by atoms with van der Waals surface area (Å²) in [6.07, 6.45) is 2.94. The average molecular weight is 331 g/mol. The summed E-state index contributed by atoms with van der Waals surface area (Å²) in [5, 5.41) is 3.36. The SMILES string of the molecule is NC(=O)CN1CCC(NC(=O)c2cnc(Cl)c(Cl)c2)CC1. The molecule has 0 unspecified atom stereocenters. The lowest BCUT2D eigenvalue weighted by atomic mass is 10.0. The molecule has 1 aliphatic rings. The summed E-state index contributed by atoms with van der Waals surface area (Å²) in [7, 11) is 0. The number of primary amides is 1. The highest BCUT2D eigenvalue weighted by atomic mass is 35.5. The van der Waals surface area contributed by atoms with Gasteiger partial charge in [-0.05, 0) is 18.9 Å². The van der Waals surface area contributed by atoms with Gasteiger partial charge >= 0.3 is 0 Å². The molecule has 0 bridgehead atoms. The van der Waals surface area contributed by atoms with Crippen molar-refractivity contribution >= 4 is 35.0 Å². The molecule has 0 atom stereocenters. The fourth-order valence-corrected chi connectivity index (χ4v) is 2.54. The van der Waals surface area contributed by atoms with E-state index in [9.17, 15) is 9.59 Å². The number of rotatable bonds is 4. The first-order chi connectivity index (χ1) is 9.95. The predicted octanol–water partition coefficient (Wildman–Crippen LogP) is 1.07. The monoisotopic (exact) mass is 330 g/mol. The minimum absolute atomic E-state index is 0.0658. The second-order valence-corrected chi connectivity index (χ2v) is 5.75. The Kier molecular flexibility index (Phi) is 5.39. The predicted molar refractivity (Wildman–Crippen MR) is 80.4 cm³/mol. The fraction of sp³-hybridized carbons (Fsp3) is 0.462. The third-order valence-electron chi connectivity index (χ3n) is 3.36. The summed E-state index contributed by atoms with van der Waals surface area (Å²) in [4.78, 5) is 28.8. The maximum atomic E-state index is 12.1. The van der Waals surface area contributed by atoms with E-state index in [0.29, 0.717) is 5.56 Å². The van der Waals surface area contributed by atoms with Crippen molar-refractivity contribution in [1.29, 1.82) is 0 Å². The molecule has 1 saturated heterocycles. The molecule has 3 N–H and O–H groups in total. The van der Waals surface area contributed by atoms with Crippen LogP contribution in [0.15, 0.2) is 12.3 Å². The van der Waals surface area contributed by atoms with E-state index in [2.05, 4.69) is 10.3 Å². The van der Waals surface area contributed by atoms with Crippen molar-refractivity contribution in [3.8, 4) is 0 Å². The summed E-state index contributed by atoms with van der Waals surface area (Å²) in [6, 6.07) is 1.56. The molecule has 114 valence electrons. The highest BCUT2D eigenvalue weighted by molar-refractivity contribution is 6.41. The average Bonchev–Trinajstić information content (AvgIpc) is 2.43. The van der Waals surface area contributed by atoms with Crippen molar-refractivity contribution in [2.45, 2.75) is 18.9 Å². The van der Waals surface area contributed by atoms with Gasteiger partial charge in [-0.25, -0.2) is 4.98 Å². The first-order valence-electron chi connectivity index (χ1n) is 6.58. The number of aromatic nitrogens is 1. The zero-order valence-corrected chi connectivity index (χ0v) is 12.8. The molecule has 21 heavy (non-hydrogen) atoms. The van der Waals surface area contributed by atoms with Crippen molar-refractivity contribution in [3.05, 3.63) is 28.0 Å². The third-order valence-corrected chi connectivity index (χ3v) is 4.05. The van der Waals surface area contributed by atoms with E-state index in [1.165, 1.54) is 12.3 Å². The van der Waals surface area contributed by atoms with Gasteiger partial charge in [0.2, 0.25) is 5.91 Å². The Bertz CT molecular complexity index is 545. The van der Waals surface area contributed by atoms with E-state index >= 15 is 0 Å². The van der Waals surface area contributed by atoms with Crippen LogP contribution in [-0.4, -0.2) is 47.4 Å². The smallest absolute Gasteiger partial charge is 0.253 e. The first-order valence-corrected chi connectivity index (χ1v) is 7.34. The van der Waals surface area contributed by atoms with Crippen LogP contribution < -0.4 is 11.1 Å². The Hall–Kier alpha value is -1.37. The van der Waals surface area contributed by atoms with E-state index in [4.69, 9.17) is 28.9 Å². The number of carbonyl (C=O) groups is 2. The van der Waals surface area contributed by atoms with Gasteiger partial charge in [0.15, 0.2) is 0 Å². The van der Waals surface area contributed by atoms with Crippen LogP contribution in [0.2, 0.25) is 10.2 Å². The van der Waals surface area contributed by atoms with Crippen molar-refractivity contribution in [2.75, 3.05) is 19.6 Å². The van der Waals surface area contributed by atoms with Crippen molar-refractivity contribution < 1.29 is 9.59 Å². The van der Waals surface area contributed by atoms with Crippen LogP contribution in [0.4, 0.5) is 0 Å². The first kappa shape index (κ1) is 16.0. The van der Waals surface area contributed by atoms with E-state index in [1.54, 1.807) is 0 Å². The van der Waals surface area contributed by atoms with Gasteiger partial charge in [-0.3, -0.25) is 14.5 Å². The largest absolute Gasteiger partial charge is 0.369 e. The number of hydrogen-bond acceptors (Lipinski definition) is 4. The fourth-order valence-electron chi connectivity index (χ4n) is 2.27. The number of nitrogens with two attached hydrogens (primary N) is 1. The van der Waals surface area contributed by atoms with E-state index in [-0.39, 0.29) is 34.6 Å². The zero-order chi connectivity index (χ0) is 15.4. The number of hydrogen-bond donors (Lipinski definition) is 2. The lowest BCUT2D eigenvalue weighted by molar-refractivity contribution is -0.119. The Morgan fingerprint density at radius 1 is 1.38 bits per heavy atom. The van der Waals surface area contributed by atoms with Gasteiger partial charge in [0.1, 0.15) is 5.15 Å². The standard InChI is InChI=1S/C13H16Cl2N4O2/c14-10-5-8(6-17-12(10)15)13(21)18-9-1-3-19(4-2-9)7-11(16)20/h5-6,9H,1-4,7H2,(H2,16,20)(H,18,21). The van der Waals surface area contributed by atoms with Crippen LogP contribution >= 0.6 is 23.2 Å². The highest BCUT2D eigenvalue weighted by Gasteiger charge is 2.22. The number of amides is 2. The topological polar surface area (TPSA) is 88.3 Å². The van der Waals surface area contributed by atoms with Crippen LogP contribution in [-0.2, 0) is 4.79 Å². The molecule has 0 radical (unpaired) electrons. The number of carbonyl (C=O) groups excluding carboxylic acids is 2. The molecule has 1 aromatic rings. The van der Waals surface area contributed by atoms with Crippen LogP contribution in [0.25, 0.3) is 0 Å². The molecule has 6 nitrogen and oxygen atoms in total. The Morgan fingerprint density at radius 2 is 2.05 bits per heavy atom. The molecule has 1 aliphatic heterocycles. The van der Waals surface area contributed by atoms with Gasteiger partial charge in [0.25, 0.3) is 5.91 Å². The van der Waals surface area contributed by atoms with Gasteiger partial charge in [0.05, 0.1) is 17.1 Å². The van der Waals surface area contributed by atoms with Crippen LogP contribution in [0.5, 0.6) is 0 Å². The Morgan fingerprint density at radius 3 is 2.62 bits per heavy atom. The molecule has 0 aliphatic carbocycles. The number of halogens is 2. The zero-order valence-electron chi connectivity index (χ0n) is 11.3. The summed E-state index contributed by atoms with van der Waals surface area (Å²) >= 11 is 11.6. The van der Waals surface area contributed by atoms with Crippen molar-refractivity contribution in [1.82, 2.24) is 15.2 Å². The summed E-state index contributed by atoms with van der Waals surface area (Å²) in [5.41, 5.74) is 5.54. The minimum Gasteiger partial charge on any atom is -0.369 e. The molecular formula is C13H16Cl2N4O2. The summed E-state index contributed by atoms with van der Waals surface area (Å²) in [5.74, 6) is -0.561. The van der Waals surface area contributed by atoms with Crippen molar-refractivity contribution in [3.63, 3.8) is 0 Å². The molecule has 8 heteroatoms. The number of piperidine rings is 1. The number of nitrogens with one attached hydrogen (secondary N) is 1. The second kappa shape index (κ2) is 7.06. The normalized spacial score (nSPS) is 16.7. The van der Waals surface area contributed by atoms with Crippen LogP contribution in [0.1, 0.15) is 23.2 Å². The molecule has 0 aromatic carbocycles. The van der Waals surface area contributed by atoms with Gasteiger partial charge < -0.3 is 11.1 Å². The second-order valence-electron chi connectivity index (χ2n) is 4.99. The summed E-state index contributed by atoms with van der Waals surface area (Å²) < 4.78 is 0. The lowest BCUT2D eigenvalue weighted by Gasteiger charge is -2.31. The van der Waals surface area contributed by atoms with Crippen LogP contribution in [0.3, 0.4) is 0 Å². The molecule has 1 aromatic heterocycles. The molecule has 2 heterocycles. The molecule has 2 amide bonds. The molecule has 0 spiro atoms. The third kappa shape index (κ3) is 4.56.